The summed E-state index contributed by atoms with van der Waals surface area (Å²) in [5.74, 6) is -1.08. The van der Waals surface area contributed by atoms with Gasteiger partial charge in [0.1, 0.15) is 6.54 Å². The third-order valence-electron chi connectivity index (χ3n) is 4.00. The van der Waals surface area contributed by atoms with E-state index < -0.39 is 34.5 Å². The van der Waals surface area contributed by atoms with Crippen LogP contribution in [0.2, 0.25) is 10.0 Å². The molecule has 11 heteroatoms. The van der Waals surface area contributed by atoms with Gasteiger partial charge in [-0.25, -0.2) is 8.42 Å². The van der Waals surface area contributed by atoms with Crippen molar-refractivity contribution in [2.45, 2.75) is 30.0 Å². The minimum Gasteiger partial charge on any atom is -0.346 e. The summed E-state index contributed by atoms with van der Waals surface area (Å²) in [4.78, 5) is 13.4. The number of hydrogen-bond donors (Lipinski definition) is 1. The standard InChI is InChI=1S/C15H17Cl2F3N2O3S/c16-10-3-4-11(17)13(8-10)26(24,25)7-6-22-5-1-2-12(22)14(23)21-9-15(18,19)20/h3-4,8,12H,1-2,5-7,9H2,(H,21,23). The van der Waals surface area contributed by atoms with E-state index >= 15 is 0 Å². The molecule has 2 rings (SSSR count). The SMILES string of the molecule is O=C(NCC(F)(F)F)C1CCCN1CCS(=O)(=O)c1cc(Cl)ccc1Cl. The molecule has 1 fully saturated rings. The third kappa shape index (κ3) is 5.73. The summed E-state index contributed by atoms with van der Waals surface area (Å²) < 4.78 is 61.6. The van der Waals surface area contributed by atoms with Crippen molar-refractivity contribution in [2.75, 3.05) is 25.4 Å². The molecule has 1 aromatic rings. The Morgan fingerprint density at radius 2 is 2.00 bits per heavy atom. The first-order valence-electron chi connectivity index (χ1n) is 7.76. The molecule has 1 saturated heterocycles. The summed E-state index contributed by atoms with van der Waals surface area (Å²) in [6, 6.07) is 3.31. The molecule has 1 aliphatic heterocycles. The number of rotatable bonds is 6. The van der Waals surface area contributed by atoms with E-state index in [1.165, 1.54) is 18.2 Å². The maximum absolute atomic E-state index is 12.5. The van der Waals surface area contributed by atoms with Crippen molar-refractivity contribution in [1.29, 1.82) is 0 Å². The quantitative estimate of drug-likeness (QED) is 0.750. The largest absolute Gasteiger partial charge is 0.405 e. The lowest BCUT2D eigenvalue weighted by atomic mass is 10.2. The third-order valence-corrected chi connectivity index (χ3v) is 6.41. The summed E-state index contributed by atoms with van der Waals surface area (Å²) in [6.45, 7) is -0.967. The van der Waals surface area contributed by atoms with Gasteiger partial charge in [-0.3, -0.25) is 9.69 Å². The van der Waals surface area contributed by atoms with Crippen LogP contribution in [0.4, 0.5) is 13.2 Å². The van der Waals surface area contributed by atoms with Gasteiger partial charge >= 0.3 is 6.18 Å². The van der Waals surface area contributed by atoms with Gasteiger partial charge in [0, 0.05) is 11.6 Å². The first-order valence-corrected chi connectivity index (χ1v) is 10.2. The highest BCUT2D eigenvalue weighted by Gasteiger charge is 2.34. The number of halogens is 5. The van der Waals surface area contributed by atoms with E-state index in [-0.39, 0.29) is 27.2 Å². The topological polar surface area (TPSA) is 66.5 Å². The molecule has 0 radical (unpaired) electrons. The summed E-state index contributed by atoms with van der Waals surface area (Å²) in [5, 5.41) is 2.10. The zero-order valence-corrected chi connectivity index (χ0v) is 15.9. The molecule has 146 valence electrons. The van der Waals surface area contributed by atoms with Gasteiger partial charge in [0.15, 0.2) is 9.84 Å². The van der Waals surface area contributed by atoms with Crippen LogP contribution in [0.1, 0.15) is 12.8 Å². The molecular weight excluding hydrogens is 416 g/mol. The van der Waals surface area contributed by atoms with E-state index in [4.69, 9.17) is 23.2 Å². The number of likely N-dealkylation sites (tertiary alicyclic amines) is 1. The highest BCUT2D eigenvalue weighted by Crippen LogP contribution is 2.26. The molecule has 0 aliphatic carbocycles. The molecule has 26 heavy (non-hydrogen) atoms. The predicted octanol–water partition coefficient (Wildman–Crippen LogP) is 2.91. The number of amides is 1. The number of carbonyl (C=O) groups is 1. The van der Waals surface area contributed by atoms with Crippen LogP contribution in [0.3, 0.4) is 0 Å². The molecule has 0 saturated carbocycles. The molecule has 1 unspecified atom stereocenters. The minimum atomic E-state index is -4.49. The molecule has 1 amide bonds. The second kappa shape index (κ2) is 8.33. The first-order chi connectivity index (χ1) is 12.0. The molecule has 1 atom stereocenters. The van der Waals surface area contributed by atoms with Gasteiger partial charge in [0.2, 0.25) is 5.91 Å². The minimum absolute atomic E-state index is 0.00921. The lowest BCUT2D eigenvalue weighted by molar-refractivity contribution is -0.141. The number of sulfone groups is 1. The fourth-order valence-electron chi connectivity index (χ4n) is 2.76. The molecule has 1 heterocycles. The fourth-order valence-corrected chi connectivity index (χ4v) is 4.83. The van der Waals surface area contributed by atoms with E-state index in [0.29, 0.717) is 19.4 Å². The molecule has 5 nitrogen and oxygen atoms in total. The highest BCUT2D eigenvalue weighted by molar-refractivity contribution is 7.91. The fraction of sp³-hybridized carbons (Fsp3) is 0.533. The van der Waals surface area contributed by atoms with Crippen molar-refractivity contribution in [1.82, 2.24) is 10.2 Å². The van der Waals surface area contributed by atoms with Crippen molar-refractivity contribution in [2.24, 2.45) is 0 Å². The monoisotopic (exact) mass is 432 g/mol. The zero-order chi connectivity index (χ0) is 19.5. The Morgan fingerprint density at radius 3 is 2.65 bits per heavy atom. The number of nitrogens with zero attached hydrogens (tertiary/aromatic N) is 1. The lowest BCUT2D eigenvalue weighted by Gasteiger charge is -2.23. The summed E-state index contributed by atoms with van der Waals surface area (Å²) in [6.07, 6.45) is -3.52. The van der Waals surface area contributed by atoms with Crippen LogP contribution in [0.25, 0.3) is 0 Å². The van der Waals surface area contributed by atoms with Crippen LogP contribution in [-0.2, 0) is 14.6 Å². The van der Waals surface area contributed by atoms with Crippen molar-refractivity contribution >= 4 is 38.9 Å². The Bertz CT molecular complexity index is 772. The molecule has 0 spiro atoms. The van der Waals surface area contributed by atoms with E-state index in [2.05, 4.69) is 0 Å². The summed E-state index contributed by atoms with van der Waals surface area (Å²) in [7, 11) is -3.76. The van der Waals surface area contributed by atoms with Crippen molar-refractivity contribution < 1.29 is 26.4 Å². The van der Waals surface area contributed by atoms with Gasteiger partial charge in [-0.05, 0) is 37.6 Å². The van der Waals surface area contributed by atoms with E-state index in [0.717, 1.165) is 0 Å². The second-order valence-corrected chi connectivity index (χ2v) is 8.84. The molecular formula is C15H17Cl2F3N2O3S. The van der Waals surface area contributed by atoms with Crippen LogP contribution in [0.5, 0.6) is 0 Å². The Kier molecular flexibility index (Phi) is 6.81. The Balaban J connectivity index is 2.01. The number of hydrogen-bond acceptors (Lipinski definition) is 4. The average molecular weight is 433 g/mol. The first kappa shape index (κ1) is 21.3. The van der Waals surface area contributed by atoms with E-state index in [1.807, 2.05) is 5.32 Å². The molecule has 0 bridgehead atoms. The smallest absolute Gasteiger partial charge is 0.346 e. The summed E-state index contributed by atoms with van der Waals surface area (Å²) >= 11 is 11.7. The maximum Gasteiger partial charge on any atom is 0.405 e. The van der Waals surface area contributed by atoms with Crippen molar-refractivity contribution in [3.63, 3.8) is 0 Å². The highest BCUT2D eigenvalue weighted by atomic mass is 35.5. The van der Waals surface area contributed by atoms with Crippen LogP contribution < -0.4 is 5.32 Å². The Hall–Kier alpha value is -1.03. The number of alkyl halides is 3. The van der Waals surface area contributed by atoms with Crippen LogP contribution in [0.15, 0.2) is 23.1 Å². The number of carbonyl (C=O) groups excluding carboxylic acids is 1. The van der Waals surface area contributed by atoms with Crippen LogP contribution in [-0.4, -0.2) is 56.8 Å². The lowest BCUT2D eigenvalue weighted by Crippen LogP contribution is -2.47. The van der Waals surface area contributed by atoms with Gasteiger partial charge in [0.05, 0.1) is 21.7 Å². The maximum atomic E-state index is 12.5. The molecule has 1 aliphatic rings. The van der Waals surface area contributed by atoms with E-state index in [1.54, 1.807) is 4.90 Å². The second-order valence-electron chi connectivity index (χ2n) is 5.92. The van der Waals surface area contributed by atoms with Crippen LogP contribution >= 0.6 is 23.2 Å². The molecule has 1 N–H and O–H groups in total. The molecule has 0 aromatic heterocycles. The van der Waals surface area contributed by atoms with Gasteiger partial charge in [-0.2, -0.15) is 13.2 Å². The Morgan fingerprint density at radius 1 is 1.31 bits per heavy atom. The van der Waals surface area contributed by atoms with E-state index in [9.17, 15) is 26.4 Å². The Labute approximate surface area is 159 Å². The zero-order valence-electron chi connectivity index (χ0n) is 13.5. The molecule has 1 aromatic carbocycles. The van der Waals surface area contributed by atoms with Crippen LogP contribution in [0, 0.1) is 0 Å². The predicted molar refractivity (Wildman–Crippen MR) is 92.2 cm³/mol. The average Bonchev–Trinajstić information content (AvgIpc) is 3.01. The number of benzene rings is 1. The van der Waals surface area contributed by atoms with Gasteiger partial charge in [0.25, 0.3) is 0 Å². The van der Waals surface area contributed by atoms with Gasteiger partial charge in [-0.15, -0.1) is 0 Å². The van der Waals surface area contributed by atoms with Crippen molar-refractivity contribution in [3.8, 4) is 0 Å². The van der Waals surface area contributed by atoms with Gasteiger partial charge in [-0.1, -0.05) is 23.2 Å². The van der Waals surface area contributed by atoms with Gasteiger partial charge < -0.3 is 5.32 Å². The van der Waals surface area contributed by atoms with Crippen molar-refractivity contribution in [3.05, 3.63) is 28.2 Å². The summed E-state index contributed by atoms with van der Waals surface area (Å²) in [5.41, 5.74) is 0. The normalized spacial score (nSPS) is 18.9. The number of nitrogens with one attached hydrogen (secondary N) is 1.